The zero-order valence-corrected chi connectivity index (χ0v) is 5.18. The summed E-state index contributed by atoms with van der Waals surface area (Å²) < 4.78 is 0. The first-order valence-electron chi connectivity index (χ1n) is 2.49. The van der Waals surface area contributed by atoms with E-state index in [1.165, 1.54) is 0 Å². The predicted octanol–water partition coefficient (Wildman–Crippen LogP) is 0.947. The maximum absolute atomic E-state index is 8.82. The Kier molecular flexibility index (Phi) is 2.98. The second kappa shape index (κ2) is 3.29. The molecule has 44 valence electrons. The highest BCUT2D eigenvalue weighted by molar-refractivity contribution is 5.15. The van der Waals surface area contributed by atoms with Gasteiger partial charge in [-0.3, -0.25) is 0 Å². The van der Waals surface area contributed by atoms with E-state index < -0.39 is 6.10 Å². The first kappa shape index (κ1) is 7.26. The van der Waals surface area contributed by atoms with E-state index in [0.29, 0.717) is 0 Å². The average molecular weight is 110 g/mol. The minimum Gasteiger partial charge on any atom is -0.376 e. The van der Waals surface area contributed by atoms with Crippen LogP contribution in [0.5, 0.6) is 0 Å². The molecule has 0 amide bonds. The zero-order valence-electron chi connectivity index (χ0n) is 5.18. The summed E-state index contributed by atoms with van der Waals surface area (Å²) in [6, 6.07) is 0. The molecule has 0 aromatic carbocycles. The van der Waals surface area contributed by atoms with Crippen LogP contribution in [0.3, 0.4) is 0 Å². The van der Waals surface area contributed by atoms with Crippen molar-refractivity contribution < 1.29 is 5.11 Å². The van der Waals surface area contributed by atoms with E-state index in [9.17, 15) is 0 Å². The molecule has 0 aromatic rings. The van der Waals surface area contributed by atoms with Gasteiger partial charge in [-0.2, -0.15) is 0 Å². The van der Waals surface area contributed by atoms with Gasteiger partial charge in [0.25, 0.3) is 0 Å². The summed E-state index contributed by atoms with van der Waals surface area (Å²) in [6.45, 7) is 3.64. The van der Waals surface area contributed by atoms with Gasteiger partial charge in [-0.25, -0.2) is 0 Å². The fourth-order valence-corrected chi connectivity index (χ4v) is 0.289. The highest BCUT2D eigenvalue weighted by Gasteiger charge is 1.96. The van der Waals surface area contributed by atoms with Gasteiger partial charge < -0.3 is 5.11 Å². The third kappa shape index (κ3) is 1.81. The number of hydrogen-bond acceptors (Lipinski definition) is 1. The van der Waals surface area contributed by atoms with Gasteiger partial charge in [-0.15, -0.1) is 6.42 Å². The molecule has 0 aliphatic carbocycles. The highest BCUT2D eigenvalue weighted by Crippen LogP contribution is 1.97. The van der Waals surface area contributed by atoms with Crippen LogP contribution in [-0.2, 0) is 0 Å². The molecule has 1 heteroatoms. The molecule has 1 nitrogen and oxygen atoms in total. The Morgan fingerprint density at radius 1 is 1.88 bits per heavy atom. The summed E-state index contributed by atoms with van der Waals surface area (Å²) in [5.41, 5.74) is 0.826. The first-order valence-corrected chi connectivity index (χ1v) is 2.49. The van der Waals surface area contributed by atoms with Crippen LogP contribution in [0.15, 0.2) is 11.6 Å². The Morgan fingerprint density at radius 3 is 2.50 bits per heavy atom. The molecule has 1 atom stereocenters. The Morgan fingerprint density at radius 2 is 2.38 bits per heavy atom. The molecule has 0 radical (unpaired) electrons. The van der Waals surface area contributed by atoms with E-state index in [4.69, 9.17) is 11.5 Å². The molecule has 0 spiro atoms. The third-order valence-electron chi connectivity index (χ3n) is 1.04. The van der Waals surface area contributed by atoms with Crippen molar-refractivity contribution in [2.75, 3.05) is 0 Å². The summed E-state index contributed by atoms with van der Waals surface area (Å²) in [7, 11) is 0. The molecule has 0 aliphatic rings. The second-order valence-electron chi connectivity index (χ2n) is 1.60. The topological polar surface area (TPSA) is 20.2 Å². The minimum absolute atomic E-state index is 0.694. The number of aliphatic hydroxyl groups excluding tert-OH is 1. The molecule has 0 aromatic heterocycles. The maximum atomic E-state index is 8.82. The lowest BCUT2D eigenvalue weighted by Gasteiger charge is -1.99. The molecule has 0 rings (SSSR count). The van der Waals surface area contributed by atoms with Crippen LogP contribution in [0.25, 0.3) is 0 Å². The Hall–Kier alpha value is -0.740. The number of rotatable bonds is 1. The van der Waals surface area contributed by atoms with Crippen LogP contribution < -0.4 is 0 Å². The van der Waals surface area contributed by atoms with Crippen LogP contribution in [-0.4, -0.2) is 11.2 Å². The van der Waals surface area contributed by atoms with Crippen molar-refractivity contribution in [2.24, 2.45) is 0 Å². The molecule has 1 N–H and O–H groups in total. The van der Waals surface area contributed by atoms with Gasteiger partial charge in [0.15, 0.2) is 0 Å². The molecule has 0 aliphatic heterocycles. The van der Waals surface area contributed by atoms with E-state index in [0.717, 1.165) is 5.57 Å². The number of hydrogen-bond donors (Lipinski definition) is 1. The van der Waals surface area contributed by atoms with Gasteiger partial charge in [0.1, 0.15) is 6.10 Å². The second-order valence-corrected chi connectivity index (χ2v) is 1.60. The normalized spacial score (nSPS) is 15.0. The van der Waals surface area contributed by atoms with E-state index in [1.54, 1.807) is 13.0 Å². The van der Waals surface area contributed by atoms with E-state index >= 15 is 0 Å². The maximum Gasteiger partial charge on any atom is 0.135 e. The molecular formula is C7H10O. The van der Waals surface area contributed by atoms with E-state index in [-0.39, 0.29) is 0 Å². The smallest absolute Gasteiger partial charge is 0.135 e. The van der Waals surface area contributed by atoms with Crippen LogP contribution in [0, 0.1) is 12.3 Å². The number of allylic oxidation sites excluding steroid dienone is 1. The Balaban J connectivity index is 3.87. The Bertz CT molecular complexity index is 128. The fourth-order valence-electron chi connectivity index (χ4n) is 0.289. The molecule has 1 unspecified atom stereocenters. The molecule has 0 fully saturated rings. The van der Waals surface area contributed by atoms with Gasteiger partial charge in [-0.05, 0) is 19.4 Å². The van der Waals surface area contributed by atoms with Gasteiger partial charge in [0, 0.05) is 0 Å². The largest absolute Gasteiger partial charge is 0.376 e. The van der Waals surface area contributed by atoms with Crippen molar-refractivity contribution in [1.29, 1.82) is 0 Å². The molecule has 0 bridgehead atoms. The Labute approximate surface area is 50.0 Å². The molecule has 0 heterocycles. The predicted molar refractivity (Wildman–Crippen MR) is 34.3 cm³/mol. The van der Waals surface area contributed by atoms with Gasteiger partial charge in [0.05, 0.1) is 0 Å². The van der Waals surface area contributed by atoms with Crippen molar-refractivity contribution in [3.63, 3.8) is 0 Å². The number of aliphatic hydroxyl groups is 1. The number of terminal acetylenes is 1. The van der Waals surface area contributed by atoms with Crippen molar-refractivity contribution in [3.8, 4) is 12.3 Å². The minimum atomic E-state index is -0.694. The van der Waals surface area contributed by atoms with Crippen LogP contribution >= 0.6 is 0 Å². The van der Waals surface area contributed by atoms with Crippen molar-refractivity contribution >= 4 is 0 Å². The lowest BCUT2D eigenvalue weighted by atomic mass is 10.2. The van der Waals surface area contributed by atoms with Gasteiger partial charge in [-0.1, -0.05) is 12.0 Å². The SMILES string of the molecule is C#CC(O)/C(C)=C/C. The summed E-state index contributed by atoms with van der Waals surface area (Å²) in [5, 5.41) is 8.82. The quantitative estimate of drug-likeness (QED) is 0.393. The van der Waals surface area contributed by atoms with E-state index in [1.807, 2.05) is 6.92 Å². The highest BCUT2D eigenvalue weighted by atomic mass is 16.3. The van der Waals surface area contributed by atoms with Gasteiger partial charge in [0.2, 0.25) is 0 Å². The zero-order chi connectivity index (χ0) is 6.57. The molecule has 8 heavy (non-hydrogen) atoms. The fraction of sp³-hybridized carbons (Fsp3) is 0.429. The first-order chi connectivity index (χ1) is 3.72. The van der Waals surface area contributed by atoms with Crippen LogP contribution in [0.1, 0.15) is 13.8 Å². The van der Waals surface area contributed by atoms with E-state index in [2.05, 4.69) is 5.92 Å². The summed E-state index contributed by atoms with van der Waals surface area (Å²) in [6.07, 6.45) is 6.01. The van der Waals surface area contributed by atoms with Crippen molar-refractivity contribution in [1.82, 2.24) is 0 Å². The summed E-state index contributed by atoms with van der Waals surface area (Å²) >= 11 is 0. The van der Waals surface area contributed by atoms with Crippen molar-refractivity contribution in [3.05, 3.63) is 11.6 Å². The lowest BCUT2D eigenvalue weighted by Crippen LogP contribution is -2.02. The van der Waals surface area contributed by atoms with Crippen LogP contribution in [0.2, 0.25) is 0 Å². The summed E-state index contributed by atoms with van der Waals surface area (Å²) in [4.78, 5) is 0. The average Bonchev–Trinajstić information content (AvgIpc) is 1.84. The molecular weight excluding hydrogens is 100 g/mol. The third-order valence-corrected chi connectivity index (χ3v) is 1.04. The van der Waals surface area contributed by atoms with Crippen molar-refractivity contribution in [2.45, 2.75) is 20.0 Å². The lowest BCUT2D eigenvalue weighted by molar-refractivity contribution is 0.268. The summed E-state index contributed by atoms with van der Waals surface area (Å²) in [5.74, 6) is 2.20. The molecule has 0 saturated carbocycles. The van der Waals surface area contributed by atoms with Crippen LogP contribution in [0.4, 0.5) is 0 Å². The van der Waals surface area contributed by atoms with Gasteiger partial charge >= 0.3 is 0 Å². The molecule has 0 saturated heterocycles. The standard InChI is InChI=1S/C7H10O/c1-4-6(3)7(8)5-2/h2,4,7-8H,1,3H3/b6-4+. The monoisotopic (exact) mass is 110 g/mol.